The van der Waals surface area contributed by atoms with E-state index in [4.69, 9.17) is 9.72 Å². The average Bonchev–Trinajstić information content (AvgIpc) is 3.35. The van der Waals surface area contributed by atoms with E-state index in [1.54, 1.807) is 24.4 Å². The van der Waals surface area contributed by atoms with Crippen LogP contribution in [0.4, 0.5) is 5.95 Å². The van der Waals surface area contributed by atoms with Crippen LogP contribution in [0, 0.1) is 0 Å². The Morgan fingerprint density at radius 3 is 2.62 bits per heavy atom. The number of nitrogens with zero attached hydrogens (tertiary/aromatic N) is 5. The molecule has 0 radical (unpaired) electrons. The van der Waals surface area contributed by atoms with Crippen LogP contribution in [0.1, 0.15) is 24.1 Å². The maximum absolute atomic E-state index is 12.9. The highest BCUT2D eigenvalue weighted by molar-refractivity contribution is 5.85. The topological polar surface area (TPSA) is 71.5 Å². The number of anilines is 1. The fourth-order valence-corrected chi connectivity index (χ4v) is 3.77. The number of likely N-dealkylation sites (N-methyl/N-ethyl adjacent to an activating group) is 1. The Hall–Kier alpha value is -3.19. The predicted molar refractivity (Wildman–Crippen MR) is 127 cm³/mol. The van der Waals surface area contributed by atoms with Crippen molar-refractivity contribution in [3.05, 3.63) is 66.2 Å². The minimum Gasteiger partial charge on any atom is -0.497 e. The number of amides is 1. The van der Waals surface area contributed by atoms with E-state index in [1.165, 1.54) is 0 Å². The number of halogens is 1. The second-order valence-electron chi connectivity index (χ2n) is 7.74. The molecule has 0 bridgehead atoms. The maximum Gasteiger partial charge on any atom is 0.227 e. The van der Waals surface area contributed by atoms with Gasteiger partial charge in [-0.25, -0.2) is 9.97 Å². The van der Waals surface area contributed by atoms with Crippen LogP contribution in [0.3, 0.4) is 0 Å². The highest BCUT2D eigenvalue weighted by Crippen LogP contribution is 2.25. The van der Waals surface area contributed by atoms with Crippen molar-refractivity contribution < 1.29 is 9.53 Å². The van der Waals surface area contributed by atoms with Crippen molar-refractivity contribution >= 4 is 24.3 Å². The molecule has 168 valence electrons. The van der Waals surface area contributed by atoms with Crippen molar-refractivity contribution in [2.75, 3.05) is 32.1 Å². The molecule has 1 saturated heterocycles. The molecular weight excluding hydrogens is 426 g/mol. The van der Waals surface area contributed by atoms with E-state index in [0.717, 1.165) is 60.0 Å². The Morgan fingerprint density at radius 1 is 1.16 bits per heavy atom. The fourth-order valence-electron chi connectivity index (χ4n) is 3.77. The van der Waals surface area contributed by atoms with Gasteiger partial charge in [0.25, 0.3) is 0 Å². The van der Waals surface area contributed by atoms with Gasteiger partial charge in [0.05, 0.1) is 25.8 Å². The van der Waals surface area contributed by atoms with Crippen molar-refractivity contribution in [1.29, 1.82) is 0 Å². The number of carbonyl (C=O) groups excluding carboxylic acids is 1. The lowest BCUT2D eigenvalue weighted by atomic mass is 10.1. The Bertz CT molecular complexity index is 1040. The smallest absolute Gasteiger partial charge is 0.227 e. The minimum absolute atomic E-state index is 0. The van der Waals surface area contributed by atoms with E-state index in [1.807, 2.05) is 49.6 Å². The molecule has 2 aromatic heterocycles. The van der Waals surface area contributed by atoms with Gasteiger partial charge in [0.2, 0.25) is 11.9 Å². The van der Waals surface area contributed by atoms with E-state index in [-0.39, 0.29) is 18.3 Å². The zero-order valence-corrected chi connectivity index (χ0v) is 19.2. The summed E-state index contributed by atoms with van der Waals surface area (Å²) < 4.78 is 5.27. The van der Waals surface area contributed by atoms with Crippen LogP contribution in [0.15, 0.2) is 55.0 Å². The summed E-state index contributed by atoms with van der Waals surface area (Å²) in [4.78, 5) is 30.4. The van der Waals surface area contributed by atoms with Crippen LogP contribution >= 0.6 is 12.4 Å². The average molecular weight is 454 g/mol. The third-order valence-corrected chi connectivity index (χ3v) is 5.54. The zero-order chi connectivity index (χ0) is 21.6. The van der Waals surface area contributed by atoms with Gasteiger partial charge in [-0.05, 0) is 48.2 Å². The number of ether oxygens (including phenoxy) is 1. The minimum atomic E-state index is 0. The standard InChI is InChI=1S/C24H27N5O2.ClH/c1-28(23(30)15-18-6-5-7-20(14-18)31-2)17-22-21(19-8-10-25-11-9-19)16-26-24(27-22)29-12-3-4-13-29;/h5-11,14,16H,3-4,12-13,15,17H2,1-2H3;1H. The molecule has 1 aromatic carbocycles. The summed E-state index contributed by atoms with van der Waals surface area (Å²) in [7, 11) is 3.44. The van der Waals surface area contributed by atoms with Crippen LogP contribution in [0.5, 0.6) is 5.75 Å². The molecule has 0 aliphatic carbocycles. The van der Waals surface area contributed by atoms with Crippen LogP contribution < -0.4 is 9.64 Å². The van der Waals surface area contributed by atoms with Gasteiger partial charge in [-0.3, -0.25) is 9.78 Å². The highest BCUT2D eigenvalue weighted by atomic mass is 35.5. The Balaban J connectivity index is 0.00000289. The van der Waals surface area contributed by atoms with Gasteiger partial charge >= 0.3 is 0 Å². The second kappa shape index (κ2) is 10.9. The van der Waals surface area contributed by atoms with Crippen molar-refractivity contribution in [1.82, 2.24) is 19.9 Å². The zero-order valence-electron chi connectivity index (χ0n) is 18.4. The van der Waals surface area contributed by atoms with E-state index in [2.05, 4.69) is 14.9 Å². The van der Waals surface area contributed by atoms with Crippen molar-refractivity contribution in [2.24, 2.45) is 0 Å². The van der Waals surface area contributed by atoms with Crippen LogP contribution in [0.25, 0.3) is 11.1 Å². The van der Waals surface area contributed by atoms with Gasteiger partial charge < -0.3 is 14.5 Å². The SMILES string of the molecule is COc1cccc(CC(=O)N(C)Cc2nc(N3CCCC3)ncc2-c2ccncc2)c1.Cl. The molecule has 0 saturated carbocycles. The lowest BCUT2D eigenvalue weighted by Gasteiger charge is -2.21. The molecule has 32 heavy (non-hydrogen) atoms. The second-order valence-corrected chi connectivity index (χ2v) is 7.74. The Labute approximate surface area is 194 Å². The van der Waals surface area contributed by atoms with Crippen molar-refractivity contribution in [3.63, 3.8) is 0 Å². The number of benzene rings is 1. The van der Waals surface area contributed by atoms with Crippen LogP contribution in [0.2, 0.25) is 0 Å². The number of rotatable bonds is 7. The molecular formula is C24H28ClN5O2. The summed E-state index contributed by atoms with van der Waals surface area (Å²) in [6.07, 6.45) is 8.00. The fraction of sp³-hybridized carbons (Fsp3) is 0.333. The van der Waals surface area contributed by atoms with Gasteiger partial charge in [-0.1, -0.05) is 12.1 Å². The molecule has 0 N–H and O–H groups in total. The van der Waals surface area contributed by atoms with E-state index in [9.17, 15) is 4.79 Å². The maximum atomic E-state index is 12.9. The summed E-state index contributed by atoms with van der Waals surface area (Å²) in [6, 6.07) is 11.5. The molecule has 1 amide bonds. The highest BCUT2D eigenvalue weighted by Gasteiger charge is 2.20. The van der Waals surface area contributed by atoms with Gasteiger partial charge in [0.1, 0.15) is 5.75 Å². The lowest BCUT2D eigenvalue weighted by molar-refractivity contribution is -0.129. The third kappa shape index (κ3) is 5.53. The van der Waals surface area contributed by atoms with Crippen molar-refractivity contribution in [3.8, 4) is 16.9 Å². The Kier molecular flexibility index (Phi) is 8.00. The first-order chi connectivity index (χ1) is 15.1. The molecule has 3 heterocycles. The van der Waals surface area contributed by atoms with Gasteiger partial charge in [-0.2, -0.15) is 0 Å². The lowest BCUT2D eigenvalue weighted by Crippen LogP contribution is -2.29. The van der Waals surface area contributed by atoms with E-state index >= 15 is 0 Å². The van der Waals surface area contributed by atoms with E-state index in [0.29, 0.717) is 13.0 Å². The molecule has 7 nitrogen and oxygen atoms in total. The number of pyridine rings is 1. The Morgan fingerprint density at radius 2 is 1.91 bits per heavy atom. The molecule has 1 fully saturated rings. The number of aromatic nitrogens is 3. The molecule has 8 heteroatoms. The summed E-state index contributed by atoms with van der Waals surface area (Å²) in [5.41, 5.74) is 3.67. The summed E-state index contributed by atoms with van der Waals surface area (Å²) in [5.74, 6) is 1.51. The summed E-state index contributed by atoms with van der Waals surface area (Å²) >= 11 is 0. The first-order valence-electron chi connectivity index (χ1n) is 10.5. The number of carbonyl (C=O) groups is 1. The molecule has 1 aliphatic heterocycles. The monoisotopic (exact) mass is 453 g/mol. The largest absolute Gasteiger partial charge is 0.497 e. The molecule has 0 unspecified atom stereocenters. The predicted octanol–water partition coefficient (Wildman–Crippen LogP) is 3.77. The summed E-state index contributed by atoms with van der Waals surface area (Å²) in [6.45, 7) is 2.35. The van der Waals surface area contributed by atoms with Crippen LogP contribution in [-0.2, 0) is 17.8 Å². The molecule has 0 atom stereocenters. The van der Waals surface area contributed by atoms with E-state index < -0.39 is 0 Å². The van der Waals surface area contributed by atoms with Gasteiger partial charge in [0, 0.05) is 44.3 Å². The molecule has 1 aliphatic rings. The first kappa shape index (κ1) is 23.5. The van der Waals surface area contributed by atoms with Gasteiger partial charge in [0.15, 0.2) is 0 Å². The molecule has 0 spiro atoms. The summed E-state index contributed by atoms with van der Waals surface area (Å²) in [5, 5.41) is 0. The first-order valence-corrected chi connectivity index (χ1v) is 10.5. The molecule has 3 aromatic rings. The quantitative estimate of drug-likeness (QED) is 0.542. The van der Waals surface area contributed by atoms with Crippen LogP contribution in [-0.4, -0.2) is 53.0 Å². The number of methoxy groups -OCH3 is 1. The number of hydrogen-bond acceptors (Lipinski definition) is 6. The number of hydrogen-bond donors (Lipinski definition) is 0. The third-order valence-electron chi connectivity index (χ3n) is 5.54. The molecule has 4 rings (SSSR count). The van der Waals surface area contributed by atoms with Gasteiger partial charge in [-0.15, -0.1) is 12.4 Å². The normalized spacial score (nSPS) is 12.9. The van der Waals surface area contributed by atoms with Crippen molar-refractivity contribution in [2.45, 2.75) is 25.8 Å².